The maximum absolute atomic E-state index is 13.9. The number of halogens is 4. The van der Waals surface area contributed by atoms with Gasteiger partial charge in [-0.05, 0) is 43.3 Å². The van der Waals surface area contributed by atoms with Crippen LogP contribution in [0.3, 0.4) is 0 Å². The molecule has 0 radical (unpaired) electrons. The van der Waals surface area contributed by atoms with E-state index in [9.17, 15) is 13.2 Å². The average molecular weight is 300 g/mol. The lowest BCUT2D eigenvalue weighted by atomic mass is 9.98. The van der Waals surface area contributed by atoms with Crippen molar-refractivity contribution in [1.29, 1.82) is 0 Å². The van der Waals surface area contributed by atoms with Gasteiger partial charge in [0.05, 0.1) is 5.02 Å². The van der Waals surface area contributed by atoms with Crippen molar-refractivity contribution in [3.63, 3.8) is 0 Å². The van der Waals surface area contributed by atoms with Crippen LogP contribution >= 0.6 is 11.6 Å². The SMILES string of the molecule is CNC(Cc1cccc(F)c1)c1cc(F)c(Cl)cc1F. The molecule has 0 aliphatic rings. The van der Waals surface area contributed by atoms with Crippen molar-refractivity contribution in [3.8, 4) is 0 Å². The smallest absolute Gasteiger partial charge is 0.142 e. The molecule has 5 heteroatoms. The van der Waals surface area contributed by atoms with E-state index < -0.39 is 17.7 Å². The number of rotatable bonds is 4. The highest BCUT2D eigenvalue weighted by atomic mass is 35.5. The molecule has 2 aromatic rings. The van der Waals surface area contributed by atoms with Crippen molar-refractivity contribution in [2.24, 2.45) is 0 Å². The van der Waals surface area contributed by atoms with Crippen LogP contribution in [0.15, 0.2) is 36.4 Å². The third kappa shape index (κ3) is 3.32. The van der Waals surface area contributed by atoms with Gasteiger partial charge < -0.3 is 5.32 Å². The number of nitrogens with one attached hydrogen (secondary N) is 1. The van der Waals surface area contributed by atoms with Crippen LogP contribution in [0.5, 0.6) is 0 Å². The number of likely N-dealkylation sites (N-methyl/N-ethyl adjacent to an activating group) is 1. The predicted molar refractivity (Wildman–Crippen MR) is 73.3 cm³/mol. The van der Waals surface area contributed by atoms with Crippen LogP contribution < -0.4 is 5.32 Å². The van der Waals surface area contributed by atoms with Crippen molar-refractivity contribution in [2.45, 2.75) is 12.5 Å². The predicted octanol–water partition coefficient (Wildman–Crippen LogP) is 4.26. The fourth-order valence-corrected chi connectivity index (χ4v) is 2.22. The molecule has 1 atom stereocenters. The topological polar surface area (TPSA) is 12.0 Å². The highest BCUT2D eigenvalue weighted by Crippen LogP contribution is 2.26. The minimum Gasteiger partial charge on any atom is -0.313 e. The molecule has 0 bridgehead atoms. The fraction of sp³-hybridized carbons (Fsp3) is 0.200. The summed E-state index contributed by atoms with van der Waals surface area (Å²) in [6.07, 6.45) is 0.340. The second-order valence-electron chi connectivity index (χ2n) is 4.46. The summed E-state index contributed by atoms with van der Waals surface area (Å²) in [5, 5.41) is 2.64. The number of hydrogen-bond donors (Lipinski definition) is 1. The summed E-state index contributed by atoms with van der Waals surface area (Å²) in [4.78, 5) is 0. The van der Waals surface area contributed by atoms with Gasteiger partial charge in [0.2, 0.25) is 0 Å². The number of hydrogen-bond acceptors (Lipinski definition) is 1. The molecular weight excluding hydrogens is 287 g/mol. The molecule has 1 nitrogen and oxygen atoms in total. The summed E-state index contributed by atoms with van der Waals surface area (Å²) < 4.78 is 40.5. The molecule has 1 N–H and O–H groups in total. The summed E-state index contributed by atoms with van der Waals surface area (Å²) in [5.41, 5.74) is 0.859. The van der Waals surface area contributed by atoms with E-state index in [1.807, 2.05) is 0 Å². The Morgan fingerprint density at radius 2 is 1.85 bits per heavy atom. The Labute approximate surface area is 120 Å². The largest absolute Gasteiger partial charge is 0.313 e. The normalized spacial score (nSPS) is 12.4. The maximum Gasteiger partial charge on any atom is 0.142 e. The first-order chi connectivity index (χ1) is 9.51. The summed E-state index contributed by atoms with van der Waals surface area (Å²) in [6.45, 7) is 0. The quantitative estimate of drug-likeness (QED) is 0.832. The Morgan fingerprint density at radius 3 is 2.50 bits per heavy atom. The minimum absolute atomic E-state index is 0.165. The third-order valence-electron chi connectivity index (χ3n) is 3.09. The molecule has 2 rings (SSSR count). The van der Waals surface area contributed by atoms with Crippen LogP contribution in [-0.4, -0.2) is 7.05 Å². The van der Waals surface area contributed by atoms with Crippen LogP contribution in [0, 0.1) is 17.5 Å². The molecule has 0 aromatic heterocycles. The highest BCUT2D eigenvalue weighted by molar-refractivity contribution is 6.30. The second kappa shape index (κ2) is 6.29. The first-order valence-corrected chi connectivity index (χ1v) is 6.45. The van der Waals surface area contributed by atoms with Gasteiger partial charge in [-0.15, -0.1) is 0 Å². The van der Waals surface area contributed by atoms with Crippen molar-refractivity contribution in [3.05, 3.63) is 70.0 Å². The zero-order chi connectivity index (χ0) is 14.7. The molecule has 0 spiro atoms. The van der Waals surface area contributed by atoms with E-state index in [-0.39, 0.29) is 16.4 Å². The molecular formula is C15H13ClF3N. The van der Waals surface area contributed by atoms with E-state index in [2.05, 4.69) is 5.32 Å². The van der Waals surface area contributed by atoms with Crippen LogP contribution in [0.2, 0.25) is 5.02 Å². The molecule has 1 unspecified atom stereocenters. The van der Waals surface area contributed by atoms with Crippen molar-refractivity contribution in [2.75, 3.05) is 7.05 Å². The molecule has 20 heavy (non-hydrogen) atoms. The molecule has 2 aromatic carbocycles. The van der Waals surface area contributed by atoms with Gasteiger partial charge in [0.1, 0.15) is 17.5 Å². The van der Waals surface area contributed by atoms with Crippen molar-refractivity contribution in [1.82, 2.24) is 5.32 Å². The van der Waals surface area contributed by atoms with Crippen LogP contribution in [-0.2, 0) is 6.42 Å². The Balaban J connectivity index is 2.31. The Bertz CT molecular complexity index is 616. The molecule has 0 heterocycles. The molecule has 0 saturated heterocycles. The maximum atomic E-state index is 13.9. The summed E-state index contributed by atoms with van der Waals surface area (Å²) >= 11 is 5.53. The van der Waals surface area contributed by atoms with Gasteiger partial charge in [0.15, 0.2) is 0 Å². The molecule has 0 saturated carbocycles. The Hall–Kier alpha value is -1.52. The van der Waals surface area contributed by atoms with E-state index in [1.165, 1.54) is 12.1 Å². The molecule has 0 aliphatic carbocycles. The monoisotopic (exact) mass is 299 g/mol. The van der Waals surface area contributed by atoms with Crippen LogP contribution in [0.25, 0.3) is 0 Å². The molecule has 106 valence electrons. The first-order valence-electron chi connectivity index (χ1n) is 6.07. The van der Waals surface area contributed by atoms with E-state index >= 15 is 0 Å². The first kappa shape index (κ1) is 14.9. The van der Waals surface area contributed by atoms with Gasteiger partial charge in [-0.2, -0.15) is 0 Å². The van der Waals surface area contributed by atoms with Gasteiger partial charge >= 0.3 is 0 Å². The lowest BCUT2D eigenvalue weighted by Crippen LogP contribution is -2.20. The summed E-state index contributed by atoms with van der Waals surface area (Å²) in [7, 11) is 1.63. The third-order valence-corrected chi connectivity index (χ3v) is 3.38. The Kier molecular flexibility index (Phi) is 4.68. The minimum atomic E-state index is -0.678. The molecule has 0 amide bonds. The van der Waals surface area contributed by atoms with Gasteiger partial charge in [-0.25, -0.2) is 13.2 Å². The van der Waals surface area contributed by atoms with Crippen LogP contribution in [0.4, 0.5) is 13.2 Å². The van der Waals surface area contributed by atoms with E-state index in [0.717, 1.165) is 12.1 Å². The van der Waals surface area contributed by atoms with Gasteiger partial charge in [0, 0.05) is 11.6 Å². The fourth-order valence-electron chi connectivity index (χ4n) is 2.07. The number of benzene rings is 2. The van der Waals surface area contributed by atoms with E-state index in [4.69, 9.17) is 11.6 Å². The lowest BCUT2D eigenvalue weighted by Gasteiger charge is -2.18. The molecule has 0 aliphatic heterocycles. The highest BCUT2D eigenvalue weighted by Gasteiger charge is 2.17. The molecule has 0 fully saturated rings. The van der Waals surface area contributed by atoms with Gasteiger partial charge in [0.25, 0.3) is 0 Å². The lowest BCUT2D eigenvalue weighted by molar-refractivity contribution is 0.522. The standard InChI is InChI=1S/C15H13ClF3N/c1-20-15(6-9-3-2-4-10(17)5-9)11-7-14(19)12(16)8-13(11)18/h2-5,7-8,15,20H,6H2,1H3. The zero-order valence-corrected chi connectivity index (χ0v) is 11.5. The van der Waals surface area contributed by atoms with E-state index in [1.54, 1.807) is 19.2 Å². The van der Waals surface area contributed by atoms with Crippen molar-refractivity contribution < 1.29 is 13.2 Å². The summed E-state index contributed by atoms with van der Waals surface area (Å²) in [5.74, 6) is -1.63. The van der Waals surface area contributed by atoms with Gasteiger partial charge in [-0.3, -0.25) is 0 Å². The average Bonchev–Trinajstić information content (AvgIpc) is 2.40. The Morgan fingerprint density at radius 1 is 1.10 bits per heavy atom. The van der Waals surface area contributed by atoms with Gasteiger partial charge in [-0.1, -0.05) is 23.7 Å². The second-order valence-corrected chi connectivity index (χ2v) is 4.87. The summed E-state index contributed by atoms with van der Waals surface area (Å²) in [6, 6.07) is 7.56. The zero-order valence-electron chi connectivity index (χ0n) is 10.8. The van der Waals surface area contributed by atoms with Crippen molar-refractivity contribution >= 4 is 11.6 Å². The van der Waals surface area contributed by atoms with Crippen LogP contribution in [0.1, 0.15) is 17.2 Å². The van der Waals surface area contributed by atoms with E-state index in [0.29, 0.717) is 12.0 Å².